The van der Waals surface area contributed by atoms with Gasteiger partial charge in [-0.1, -0.05) is 53.6 Å². The van der Waals surface area contributed by atoms with Gasteiger partial charge in [0.1, 0.15) is 5.56 Å². The molecule has 3 heterocycles. The van der Waals surface area contributed by atoms with E-state index in [1.54, 1.807) is 27.8 Å². The Kier molecular flexibility index (Phi) is 5.17. The number of hydrogen-bond acceptors (Lipinski definition) is 4. The van der Waals surface area contributed by atoms with Crippen molar-refractivity contribution >= 4 is 28.8 Å². The van der Waals surface area contributed by atoms with Gasteiger partial charge in [-0.3, -0.25) is 9.48 Å². The first-order valence-electron chi connectivity index (χ1n) is 10.0. The average molecular weight is 443 g/mol. The van der Waals surface area contributed by atoms with Crippen molar-refractivity contribution in [3.63, 3.8) is 0 Å². The molecule has 32 heavy (non-hydrogen) atoms. The summed E-state index contributed by atoms with van der Waals surface area (Å²) >= 11 is 6.05. The zero-order valence-electron chi connectivity index (χ0n) is 17.2. The molecular weight excluding hydrogens is 424 g/mol. The Morgan fingerprint density at radius 1 is 1.06 bits per heavy atom. The van der Waals surface area contributed by atoms with E-state index in [0.717, 1.165) is 16.8 Å². The minimum atomic E-state index is -0.295. The van der Waals surface area contributed by atoms with Crippen LogP contribution in [-0.2, 0) is 6.54 Å². The molecule has 5 aromatic rings. The van der Waals surface area contributed by atoms with Crippen molar-refractivity contribution in [3.05, 3.63) is 101 Å². The summed E-state index contributed by atoms with van der Waals surface area (Å²) in [6, 6.07) is 17.6. The monoisotopic (exact) mass is 442 g/mol. The number of carbonyl (C=O) groups is 1. The molecule has 8 heteroatoms. The van der Waals surface area contributed by atoms with Crippen molar-refractivity contribution in [2.75, 3.05) is 5.32 Å². The Balaban J connectivity index is 1.37. The molecule has 0 bridgehead atoms. The molecule has 0 spiro atoms. The number of nitrogens with one attached hydrogen (secondary N) is 1. The molecule has 0 aliphatic rings. The van der Waals surface area contributed by atoms with Crippen molar-refractivity contribution in [1.82, 2.24) is 24.4 Å². The van der Waals surface area contributed by atoms with Gasteiger partial charge in [0, 0.05) is 23.0 Å². The van der Waals surface area contributed by atoms with E-state index >= 15 is 0 Å². The molecule has 158 valence electrons. The predicted octanol–water partition coefficient (Wildman–Crippen LogP) is 4.86. The van der Waals surface area contributed by atoms with Gasteiger partial charge in [-0.25, -0.2) is 9.50 Å². The fourth-order valence-corrected chi connectivity index (χ4v) is 3.74. The maximum absolute atomic E-state index is 12.9. The van der Waals surface area contributed by atoms with Crippen LogP contribution in [0.2, 0.25) is 5.02 Å². The second-order valence-corrected chi connectivity index (χ2v) is 7.94. The van der Waals surface area contributed by atoms with Crippen LogP contribution in [0, 0.1) is 6.92 Å². The number of aromatic nitrogens is 5. The number of nitrogens with zero attached hydrogens (tertiary/aromatic N) is 5. The summed E-state index contributed by atoms with van der Waals surface area (Å²) in [6.45, 7) is 2.59. The number of benzene rings is 2. The van der Waals surface area contributed by atoms with E-state index in [1.165, 1.54) is 11.8 Å². The SMILES string of the molecule is Cc1ccc(-c2ccnc3c(C(=O)Nc4cnn(Cc5cccc(Cl)c5)c4)cnn23)cc1. The molecule has 0 radical (unpaired) electrons. The molecule has 0 saturated carbocycles. The first-order chi connectivity index (χ1) is 15.6. The number of anilines is 1. The highest BCUT2D eigenvalue weighted by molar-refractivity contribution is 6.30. The van der Waals surface area contributed by atoms with Crippen LogP contribution in [0.3, 0.4) is 0 Å². The molecule has 0 aliphatic heterocycles. The second kappa shape index (κ2) is 8.28. The molecule has 1 N–H and O–H groups in total. The number of halogens is 1. The summed E-state index contributed by atoms with van der Waals surface area (Å²) in [5.74, 6) is -0.295. The Labute approximate surface area is 189 Å². The first kappa shape index (κ1) is 20.0. The number of rotatable bonds is 5. The predicted molar refractivity (Wildman–Crippen MR) is 124 cm³/mol. The van der Waals surface area contributed by atoms with Crippen LogP contribution in [0.1, 0.15) is 21.5 Å². The van der Waals surface area contributed by atoms with Gasteiger partial charge in [0.05, 0.1) is 30.3 Å². The third kappa shape index (κ3) is 3.98. The van der Waals surface area contributed by atoms with Gasteiger partial charge in [-0.15, -0.1) is 0 Å². The number of fused-ring (bicyclic) bond motifs is 1. The highest BCUT2D eigenvalue weighted by atomic mass is 35.5. The fraction of sp³-hybridized carbons (Fsp3) is 0.0833. The third-order valence-corrected chi connectivity index (χ3v) is 5.35. The lowest BCUT2D eigenvalue weighted by molar-refractivity contribution is 0.102. The largest absolute Gasteiger partial charge is 0.319 e. The van der Waals surface area contributed by atoms with Crippen LogP contribution in [0.5, 0.6) is 0 Å². The smallest absolute Gasteiger partial charge is 0.261 e. The summed E-state index contributed by atoms with van der Waals surface area (Å²) in [4.78, 5) is 17.3. The van der Waals surface area contributed by atoms with Crippen LogP contribution in [0.25, 0.3) is 16.9 Å². The zero-order chi connectivity index (χ0) is 22.1. The zero-order valence-corrected chi connectivity index (χ0v) is 18.0. The van der Waals surface area contributed by atoms with Crippen molar-refractivity contribution in [1.29, 1.82) is 0 Å². The maximum Gasteiger partial charge on any atom is 0.261 e. The Morgan fingerprint density at radius 2 is 1.91 bits per heavy atom. The molecule has 0 unspecified atom stereocenters. The summed E-state index contributed by atoms with van der Waals surface area (Å²) in [6.07, 6.45) is 6.60. The van der Waals surface area contributed by atoms with E-state index < -0.39 is 0 Å². The van der Waals surface area contributed by atoms with Gasteiger partial charge in [-0.2, -0.15) is 10.2 Å². The highest BCUT2D eigenvalue weighted by Gasteiger charge is 2.17. The fourth-order valence-electron chi connectivity index (χ4n) is 3.53. The van der Waals surface area contributed by atoms with Crippen LogP contribution >= 0.6 is 11.6 Å². The minimum absolute atomic E-state index is 0.295. The van der Waals surface area contributed by atoms with Gasteiger partial charge < -0.3 is 5.32 Å². The van der Waals surface area contributed by atoms with Crippen molar-refractivity contribution in [2.45, 2.75) is 13.5 Å². The van der Waals surface area contributed by atoms with Gasteiger partial charge in [0.25, 0.3) is 5.91 Å². The lowest BCUT2D eigenvalue weighted by Gasteiger charge is -2.06. The first-order valence-corrected chi connectivity index (χ1v) is 10.4. The molecule has 5 rings (SSSR count). The second-order valence-electron chi connectivity index (χ2n) is 7.50. The summed E-state index contributed by atoms with van der Waals surface area (Å²) < 4.78 is 3.42. The average Bonchev–Trinajstić information content (AvgIpc) is 3.41. The van der Waals surface area contributed by atoms with Gasteiger partial charge in [0.15, 0.2) is 5.65 Å². The lowest BCUT2D eigenvalue weighted by Crippen LogP contribution is -2.11. The Morgan fingerprint density at radius 3 is 2.72 bits per heavy atom. The Hall–Kier alpha value is -3.97. The molecule has 0 saturated heterocycles. The minimum Gasteiger partial charge on any atom is -0.319 e. The Bertz CT molecular complexity index is 1420. The maximum atomic E-state index is 12.9. The van der Waals surface area contributed by atoms with Crippen molar-refractivity contribution in [3.8, 4) is 11.3 Å². The molecule has 7 nitrogen and oxygen atoms in total. The van der Waals surface area contributed by atoms with Crippen LogP contribution in [0.15, 0.2) is 79.4 Å². The molecular formula is C24H19ClN6O. The molecule has 0 atom stereocenters. The van der Waals surface area contributed by atoms with Gasteiger partial charge >= 0.3 is 0 Å². The molecule has 1 amide bonds. The van der Waals surface area contributed by atoms with E-state index in [4.69, 9.17) is 11.6 Å². The van der Waals surface area contributed by atoms with E-state index in [9.17, 15) is 4.79 Å². The number of aryl methyl sites for hydroxylation is 1. The van der Waals surface area contributed by atoms with Crippen molar-refractivity contribution < 1.29 is 4.79 Å². The van der Waals surface area contributed by atoms with E-state index in [2.05, 4.69) is 20.5 Å². The van der Waals surface area contributed by atoms with Gasteiger partial charge in [0.2, 0.25) is 0 Å². The summed E-state index contributed by atoms with van der Waals surface area (Å²) in [5.41, 5.74) is 5.53. The lowest BCUT2D eigenvalue weighted by atomic mass is 10.1. The molecule has 0 aliphatic carbocycles. The van der Waals surface area contributed by atoms with E-state index in [-0.39, 0.29) is 5.91 Å². The normalized spacial score (nSPS) is 11.1. The number of amides is 1. The van der Waals surface area contributed by atoms with Crippen LogP contribution in [0.4, 0.5) is 5.69 Å². The number of carbonyl (C=O) groups excluding carboxylic acids is 1. The topological polar surface area (TPSA) is 77.1 Å². The third-order valence-electron chi connectivity index (χ3n) is 5.12. The highest BCUT2D eigenvalue weighted by Crippen LogP contribution is 2.22. The summed E-state index contributed by atoms with van der Waals surface area (Å²) in [7, 11) is 0. The standard InChI is InChI=1S/C24H19ClN6O/c1-16-5-7-18(8-6-16)22-9-10-26-23-21(13-28-31(22)23)24(32)29-20-12-27-30(15-20)14-17-3-2-4-19(25)11-17/h2-13,15H,14H2,1H3,(H,29,32). The van der Waals surface area contributed by atoms with Crippen molar-refractivity contribution in [2.24, 2.45) is 0 Å². The van der Waals surface area contributed by atoms with E-state index in [1.807, 2.05) is 61.5 Å². The molecule has 3 aromatic heterocycles. The molecule has 2 aromatic carbocycles. The van der Waals surface area contributed by atoms with Crippen LogP contribution in [-0.4, -0.2) is 30.3 Å². The molecule has 0 fully saturated rings. The van der Waals surface area contributed by atoms with Crippen LogP contribution < -0.4 is 5.32 Å². The quantitative estimate of drug-likeness (QED) is 0.422. The van der Waals surface area contributed by atoms with E-state index in [0.29, 0.717) is 28.5 Å². The van der Waals surface area contributed by atoms with Gasteiger partial charge in [-0.05, 0) is 30.7 Å². The number of hydrogen-bond donors (Lipinski definition) is 1. The summed E-state index contributed by atoms with van der Waals surface area (Å²) in [5, 5.41) is 12.3.